The van der Waals surface area contributed by atoms with Gasteiger partial charge >= 0.3 is 0 Å². The molecule has 0 aromatic rings. The minimum absolute atomic E-state index is 0.0744. The number of aliphatic hydroxyl groups is 1. The number of hydrogen-bond donors (Lipinski definition) is 1. The Bertz CT molecular complexity index is 700. The Morgan fingerprint density at radius 3 is 2.70 bits per heavy atom. The van der Waals surface area contributed by atoms with Gasteiger partial charge in [0.15, 0.2) is 5.79 Å². The van der Waals surface area contributed by atoms with E-state index in [0.29, 0.717) is 17.8 Å². The van der Waals surface area contributed by atoms with Crippen LogP contribution in [0.5, 0.6) is 0 Å². The Hall–Kier alpha value is -0.530. The largest absolute Gasteiger partial charge is 0.377 e. The third-order valence-corrected chi connectivity index (χ3v) is 9.09. The van der Waals surface area contributed by atoms with Gasteiger partial charge in [0.25, 0.3) is 0 Å². The zero-order valence-electron chi connectivity index (χ0n) is 16.3. The molecule has 5 rings (SSSR count). The lowest BCUT2D eigenvalue weighted by Crippen LogP contribution is -2.53. The highest BCUT2D eigenvalue weighted by molar-refractivity contribution is 6.30. The first kappa shape index (κ1) is 18.5. The summed E-state index contributed by atoms with van der Waals surface area (Å²) in [6, 6.07) is 0. The van der Waals surface area contributed by atoms with Crippen molar-refractivity contribution in [2.75, 3.05) is 13.2 Å². The van der Waals surface area contributed by atoms with Crippen molar-refractivity contribution in [2.45, 2.75) is 76.1 Å². The zero-order valence-corrected chi connectivity index (χ0v) is 17.1. The molecule has 1 N–H and O–H groups in total. The van der Waals surface area contributed by atoms with Gasteiger partial charge in [-0.15, -0.1) is 0 Å². The summed E-state index contributed by atoms with van der Waals surface area (Å²) in [6.45, 7) is 3.72. The second-order valence-corrected chi connectivity index (χ2v) is 9.73. The van der Waals surface area contributed by atoms with Crippen LogP contribution in [-0.4, -0.2) is 29.7 Å². The van der Waals surface area contributed by atoms with Crippen LogP contribution in [0.2, 0.25) is 0 Å². The molecule has 4 aliphatic carbocycles. The lowest BCUT2D eigenvalue weighted by Gasteiger charge is -2.56. The Labute approximate surface area is 167 Å². The first-order chi connectivity index (χ1) is 13.1. The zero-order chi connectivity index (χ0) is 18.7. The van der Waals surface area contributed by atoms with Crippen molar-refractivity contribution >= 4 is 11.6 Å². The molecule has 0 aromatic carbocycles. The molecule has 0 bridgehead atoms. The second kappa shape index (κ2) is 6.49. The fraction of sp³-hybridized carbons (Fsp3) is 0.826. The summed E-state index contributed by atoms with van der Waals surface area (Å²) in [5.41, 5.74) is 0.613. The van der Waals surface area contributed by atoms with Gasteiger partial charge in [-0.3, -0.25) is 0 Å². The van der Waals surface area contributed by atoms with Crippen LogP contribution >= 0.6 is 11.6 Å². The van der Waals surface area contributed by atoms with Crippen LogP contribution < -0.4 is 0 Å². The molecule has 6 atom stereocenters. The molecule has 1 heterocycles. The maximum absolute atomic E-state index is 11.4. The van der Waals surface area contributed by atoms with Crippen molar-refractivity contribution in [2.24, 2.45) is 29.1 Å². The van der Waals surface area contributed by atoms with Crippen molar-refractivity contribution < 1.29 is 14.6 Å². The van der Waals surface area contributed by atoms with E-state index < -0.39 is 5.60 Å². The average Bonchev–Trinajstić information content (AvgIpc) is 3.24. The molecule has 3 saturated carbocycles. The summed E-state index contributed by atoms with van der Waals surface area (Å²) in [5.74, 6) is 5.38. The topological polar surface area (TPSA) is 38.7 Å². The molecule has 0 unspecified atom stereocenters. The number of rotatable bonds is 1. The molecule has 4 heteroatoms. The van der Waals surface area contributed by atoms with Crippen LogP contribution in [0.25, 0.3) is 0 Å². The Morgan fingerprint density at radius 1 is 1.15 bits per heavy atom. The number of ether oxygens (including phenoxy) is 2. The quantitative estimate of drug-likeness (QED) is 0.524. The minimum atomic E-state index is -0.898. The summed E-state index contributed by atoms with van der Waals surface area (Å²) in [7, 11) is 0. The summed E-state index contributed by atoms with van der Waals surface area (Å²) < 4.78 is 12.0. The highest BCUT2D eigenvalue weighted by Crippen LogP contribution is 2.66. The van der Waals surface area contributed by atoms with Gasteiger partial charge in [0.1, 0.15) is 5.60 Å². The van der Waals surface area contributed by atoms with Crippen molar-refractivity contribution in [3.8, 4) is 11.3 Å². The summed E-state index contributed by atoms with van der Waals surface area (Å²) in [5, 5.41) is 13.9. The first-order valence-electron chi connectivity index (χ1n) is 10.9. The van der Waals surface area contributed by atoms with Crippen molar-refractivity contribution in [3.05, 3.63) is 11.6 Å². The van der Waals surface area contributed by atoms with E-state index in [1.807, 2.05) is 0 Å². The van der Waals surface area contributed by atoms with E-state index in [1.165, 1.54) is 12.8 Å². The fourth-order valence-electron chi connectivity index (χ4n) is 7.82. The summed E-state index contributed by atoms with van der Waals surface area (Å²) in [4.78, 5) is 0. The van der Waals surface area contributed by atoms with Gasteiger partial charge in [0, 0.05) is 23.6 Å². The average molecular weight is 391 g/mol. The maximum atomic E-state index is 11.4. The van der Waals surface area contributed by atoms with Gasteiger partial charge in [-0.2, -0.15) is 0 Å². The van der Waals surface area contributed by atoms with E-state index in [2.05, 4.69) is 24.3 Å². The lowest BCUT2D eigenvalue weighted by molar-refractivity contribution is -0.177. The number of fused-ring (bicyclic) bond motifs is 5. The van der Waals surface area contributed by atoms with Crippen molar-refractivity contribution in [1.29, 1.82) is 0 Å². The van der Waals surface area contributed by atoms with Gasteiger partial charge in [-0.05, 0) is 80.2 Å². The number of halogens is 1. The molecular weight excluding hydrogens is 360 g/mol. The Morgan fingerprint density at radius 2 is 1.96 bits per heavy atom. The minimum Gasteiger partial charge on any atom is -0.377 e. The lowest BCUT2D eigenvalue weighted by atomic mass is 9.50. The van der Waals surface area contributed by atoms with E-state index in [9.17, 15) is 5.11 Å². The molecule has 0 amide bonds. The summed E-state index contributed by atoms with van der Waals surface area (Å²) >= 11 is 5.75. The van der Waals surface area contributed by atoms with Gasteiger partial charge in [0.2, 0.25) is 0 Å². The van der Waals surface area contributed by atoms with E-state index >= 15 is 0 Å². The molecule has 4 fully saturated rings. The highest BCUT2D eigenvalue weighted by atomic mass is 35.5. The van der Waals surface area contributed by atoms with Gasteiger partial charge < -0.3 is 14.6 Å². The summed E-state index contributed by atoms with van der Waals surface area (Å²) in [6.07, 6.45) is 12.0. The van der Waals surface area contributed by atoms with Crippen molar-refractivity contribution in [1.82, 2.24) is 0 Å². The molecule has 27 heavy (non-hydrogen) atoms. The van der Waals surface area contributed by atoms with Crippen LogP contribution in [-0.2, 0) is 9.47 Å². The molecule has 0 radical (unpaired) electrons. The van der Waals surface area contributed by atoms with Crippen LogP contribution in [0.4, 0.5) is 0 Å². The first-order valence-corrected chi connectivity index (χ1v) is 11.3. The van der Waals surface area contributed by atoms with E-state index in [1.54, 1.807) is 5.57 Å². The third-order valence-electron chi connectivity index (χ3n) is 8.99. The molecular formula is C23H31ClO3. The van der Waals surface area contributed by atoms with E-state index in [4.69, 9.17) is 21.1 Å². The fourth-order valence-corrected chi connectivity index (χ4v) is 7.98. The normalized spacial score (nSPS) is 47.4. The molecule has 3 nitrogen and oxygen atoms in total. The van der Waals surface area contributed by atoms with Crippen molar-refractivity contribution in [3.63, 3.8) is 0 Å². The van der Waals surface area contributed by atoms with Gasteiger partial charge in [0.05, 0.1) is 13.2 Å². The van der Waals surface area contributed by atoms with Crippen LogP contribution in [0.1, 0.15) is 64.7 Å². The van der Waals surface area contributed by atoms with Gasteiger partial charge in [-0.1, -0.05) is 24.5 Å². The van der Waals surface area contributed by atoms with Crippen LogP contribution in [0.15, 0.2) is 11.6 Å². The number of hydrogen-bond acceptors (Lipinski definition) is 3. The third kappa shape index (κ3) is 2.53. The second-order valence-electron chi connectivity index (χ2n) is 9.55. The molecule has 1 spiro atoms. The standard InChI is InChI=1S/C23H31ClO3/c1-2-21-8-5-18-17-6-10-23(26-13-14-27-23)15-16(17)3-4-19(18)20(21)7-9-22(21,25)11-12-24/h3,17-20,25H,2,4-10,13-15H2,1H3/t17-,18+,19+,20-,21-,22+/m0/s1. The SMILES string of the molecule is CC[C@]12CC[C@H]3[C@@H](CC=C4CC5(CC[C@@H]43)OCCO5)[C@@H]1CC[C@@]2(O)C#CCl. The van der Waals surface area contributed by atoms with E-state index in [0.717, 1.165) is 64.1 Å². The molecule has 0 aromatic heterocycles. The Balaban J connectivity index is 1.43. The maximum Gasteiger partial charge on any atom is 0.172 e. The molecule has 5 aliphatic rings. The van der Waals surface area contributed by atoms with Crippen LogP contribution in [0.3, 0.4) is 0 Å². The molecule has 148 valence electrons. The van der Waals surface area contributed by atoms with Gasteiger partial charge in [-0.25, -0.2) is 0 Å². The predicted octanol–water partition coefficient (Wildman–Crippen LogP) is 4.62. The number of allylic oxidation sites excluding steroid dienone is 1. The van der Waals surface area contributed by atoms with E-state index in [-0.39, 0.29) is 11.2 Å². The predicted molar refractivity (Wildman–Crippen MR) is 105 cm³/mol. The smallest absolute Gasteiger partial charge is 0.172 e. The highest BCUT2D eigenvalue weighted by Gasteiger charge is 2.63. The Kier molecular flexibility index (Phi) is 4.45. The van der Waals surface area contributed by atoms with Crippen LogP contribution in [0, 0.1) is 40.4 Å². The monoisotopic (exact) mass is 390 g/mol. The molecule has 1 saturated heterocycles. The molecule has 1 aliphatic heterocycles.